The van der Waals surface area contributed by atoms with Crippen molar-refractivity contribution in [3.8, 4) is 11.6 Å². The number of Topliss-reactive ketones (excluding diaryl/α,β-unsaturated/α-hetero) is 1. The first-order valence-corrected chi connectivity index (χ1v) is 12.5. The summed E-state index contributed by atoms with van der Waals surface area (Å²) in [6, 6.07) is 20.9. The summed E-state index contributed by atoms with van der Waals surface area (Å²) in [5, 5.41) is 14.3. The minimum absolute atomic E-state index is 0.00901. The van der Waals surface area contributed by atoms with Gasteiger partial charge in [-0.05, 0) is 43.5 Å². The summed E-state index contributed by atoms with van der Waals surface area (Å²) < 4.78 is 7.31. The molecule has 0 saturated carbocycles. The van der Waals surface area contributed by atoms with Crippen LogP contribution in [0.3, 0.4) is 0 Å². The summed E-state index contributed by atoms with van der Waals surface area (Å²) in [5.74, 6) is 0.383. The van der Waals surface area contributed by atoms with Crippen molar-refractivity contribution in [2.45, 2.75) is 32.5 Å². The maximum absolute atomic E-state index is 13.1. The van der Waals surface area contributed by atoms with Gasteiger partial charge in [0.25, 0.3) is 16.7 Å². The first kappa shape index (κ1) is 23.7. The molecular weight excluding hydrogens is 472 g/mol. The molecule has 0 aliphatic heterocycles. The second-order valence-electron chi connectivity index (χ2n) is 8.70. The fraction of sp³-hybridized carbons (Fsp3) is 0.179. The Kier molecular flexibility index (Phi) is 6.52. The third-order valence-corrected chi connectivity index (χ3v) is 6.75. The van der Waals surface area contributed by atoms with Crippen LogP contribution in [0.2, 0.25) is 0 Å². The third kappa shape index (κ3) is 4.72. The molecule has 0 spiro atoms. The van der Waals surface area contributed by atoms with Gasteiger partial charge in [-0.1, -0.05) is 78.0 Å². The molecule has 2 aromatic heterocycles. The highest BCUT2D eigenvalue weighted by Crippen LogP contribution is 2.28. The summed E-state index contributed by atoms with van der Waals surface area (Å²) >= 11 is 1.19. The summed E-state index contributed by atoms with van der Waals surface area (Å²) in [4.78, 5) is 26.0. The van der Waals surface area contributed by atoms with Gasteiger partial charge in [-0.25, -0.2) is 4.68 Å². The van der Waals surface area contributed by atoms with Crippen molar-refractivity contribution in [1.82, 2.24) is 20.0 Å². The first-order valence-electron chi connectivity index (χ1n) is 11.5. The smallest absolute Gasteiger partial charge is 0.277 e. The van der Waals surface area contributed by atoms with Crippen molar-refractivity contribution in [3.63, 3.8) is 0 Å². The van der Waals surface area contributed by atoms with Gasteiger partial charge >= 0.3 is 0 Å². The molecule has 0 aliphatic rings. The summed E-state index contributed by atoms with van der Waals surface area (Å²) in [7, 11) is 0. The molecule has 8 heteroatoms. The van der Waals surface area contributed by atoms with Crippen molar-refractivity contribution in [3.05, 3.63) is 105 Å². The van der Waals surface area contributed by atoms with Gasteiger partial charge in [0.2, 0.25) is 0 Å². The highest BCUT2D eigenvalue weighted by Gasteiger charge is 2.19. The number of hydrogen-bond donors (Lipinski definition) is 0. The Morgan fingerprint density at radius 1 is 0.917 bits per heavy atom. The molecule has 0 radical (unpaired) electrons. The average molecular weight is 497 g/mol. The number of fused-ring (bicyclic) bond motifs is 1. The average Bonchev–Trinajstić information content (AvgIpc) is 3.33. The van der Waals surface area contributed by atoms with E-state index < -0.39 is 0 Å². The van der Waals surface area contributed by atoms with E-state index in [1.807, 2.05) is 81.4 Å². The van der Waals surface area contributed by atoms with Gasteiger partial charge in [0, 0.05) is 10.9 Å². The Balaban J connectivity index is 1.44. The number of aromatic nitrogens is 4. The predicted molar refractivity (Wildman–Crippen MR) is 141 cm³/mol. The number of carbonyl (C=O) groups excluding carboxylic acids is 1. The second kappa shape index (κ2) is 9.91. The van der Waals surface area contributed by atoms with Crippen LogP contribution in [0, 0.1) is 20.8 Å². The highest BCUT2D eigenvalue weighted by atomic mass is 32.2. The molecule has 0 saturated heterocycles. The van der Waals surface area contributed by atoms with Crippen LogP contribution in [0.25, 0.3) is 22.4 Å². The second-order valence-corrected chi connectivity index (χ2v) is 9.63. The molecule has 5 rings (SSSR count). The van der Waals surface area contributed by atoms with Crippen LogP contribution in [-0.2, 0) is 6.54 Å². The van der Waals surface area contributed by atoms with Gasteiger partial charge in [-0.15, -0.1) is 10.2 Å². The molecule has 0 aliphatic carbocycles. The number of ketones is 1. The van der Waals surface area contributed by atoms with E-state index in [0.29, 0.717) is 23.0 Å². The van der Waals surface area contributed by atoms with Crippen LogP contribution >= 0.6 is 11.8 Å². The molecule has 36 heavy (non-hydrogen) atoms. The minimum atomic E-state index is -0.193. The fourth-order valence-corrected chi connectivity index (χ4v) is 5.08. The fourth-order valence-electron chi connectivity index (χ4n) is 4.44. The molecule has 3 aromatic carbocycles. The topological polar surface area (TPSA) is 90.9 Å². The van der Waals surface area contributed by atoms with E-state index in [4.69, 9.17) is 4.42 Å². The van der Waals surface area contributed by atoms with Gasteiger partial charge in [0.05, 0.1) is 17.7 Å². The molecular formula is C28H24N4O3S. The van der Waals surface area contributed by atoms with Crippen molar-refractivity contribution < 1.29 is 9.21 Å². The molecule has 5 aromatic rings. The molecule has 0 bridgehead atoms. The van der Waals surface area contributed by atoms with E-state index in [-0.39, 0.29) is 28.2 Å². The lowest BCUT2D eigenvalue weighted by atomic mass is 9.97. The Hall–Kier alpha value is -4.04. The quantitative estimate of drug-likeness (QED) is 0.220. The zero-order valence-electron chi connectivity index (χ0n) is 20.2. The van der Waals surface area contributed by atoms with Gasteiger partial charge in [0.15, 0.2) is 11.5 Å². The zero-order valence-corrected chi connectivity index (χ0v) is 21.0. The van der Waals surface area contributed by atoms with Crippen LogP contribution in [0.15, 0.2) is 81.2 Å². The molecule has 0 fully saturated rings. The van der Waals surface area contributed by atoms with E-state index >= 15 is 0 Å². The maximum Gasteiger partial charge on any atom is 0.277 e. The monoisotopic (exact) mass is 496 g/mol. The van der Waals surface area contributed by atoms with Crippen LogP contribution in [0.5, 0.6) is 0 Å². The number of thioether (sulfide) groups is 1. The van der Waals surface area contributed by atoms with E-state index in [0.717, 1.165) is 27.8 Å². The van der Waals surface area contributed by atoms with Crippen molar-refractivity contribution >= 4 is 28.3 Å². The first-order chi connectivity index (χ1) is 17.4. The number of carbonyl (C=O) groups is 1. The van der Waals surface area contributed by atoms with Crippen molar-refractivity contribution in [2.75, 3.05) is 5.75 Å². The standard InChI is InChI=1S/C28H24N4O3S/c1-17-13-18(2)24(19(3)14-17)23(33)16-36-28-30-29-26(35-28)25-21-11-7-8-12-22(21)27(34)32(31-25)15-20-9-5-4-6-10-20/h4-14H,15-16H2,1-3H3. The molecule has 0 amide bonds. The number of benzene rings is 3. The molecule has 0 unspecified atom stereocenters. The Morgan fingerprint density at radius 2 is 1.58 bits per heavy atom. The molecule has 180 valence electrons. The van der Waals surface area contributed by atoms with Crippen LogP contribution < -0.4 is 5.56 Å². The van der Waals surface area contributed by atoms with Crippen LogP contribution in [-0.4, -0.2) is 31.5 Å². The predicted octanol–water partition coefficient (Wildman–Crippen LogP) is 5.40. The molecule has 7 nitrogen and oxygen atoms in total. The van der Waals surface area contributed by atoms with E-state index in [1.54, 1.807) is 6.07 Å². The molecule has 2 heterocycles. The highest BCUT2D eigenvalue weighted by molar-refractivity contribution is 7.99. The van der Waals surface area contributed by atoms with Gasteiger partial charge < -0.3 is 4.42 Å². The SMILES string of the molecule is Cc1cc(C)c(C(=O)CSc2nnc(-c3nn(Cc4ccccc4)c(=O)c4ccccc34)o2)c(C)c1. The lowest BCUT2D eigenvalue weighted by Crippen LogP contribution is -2.24. The Bertz CT molecular complexity index is 1620. The van der Waals surface area contributed by atoms with Crippen LogP contribution in [0.1, 0.15) is 32.6 Å². The van der Waals surface area contributed by atoms with Gasteiger partial charge in [0.1, 0.15) is 0 Å². The summed E-state index contributed by atoms with van der Waals surface area (Å²) in [5.41, 5.74) is 4.97. The lowest BCUT2D eigenvalue weighted by molar-refractivity contribution is 0.102. The Morgan fingerprint density at radius 3 is 2.31 bits per heavy atom. The number of aryl methyl sites for hydroxylation is 3. The maximum atomic E-state index is 13.1. The summed E-state index contributed by atoms with van der Waals surface area (Å²) in [6.07, 6.45) is 0. The minimum Gasteiger partial charge on any atom is -0.409 e. The Labute approximate surface area is 212 Å². The lowest BCUT2D eigenvalue weighted by Gasteiger charge is -2.09. The summed E-state index contributed by atoms with van der Waals surface area (Å²) in [6.45, 7) is 6.23. The van der Waals surface area contributed by atoms with E-state index in [1.165, 1.54) is 16.4 Å². The third-order valence-electron chi connectivity index (χ3n) is 5.93. The van der Waals surface area contributed by atoms with Gasteiger partial charge in [-0.3, -0.25) is 9.59 Å². The zero-order chi connectivity index (χ0) is 25.2. The van der Waals surface area contributed by atoms with E-state index in [2.05, 4.69) is 15.3 Å². The van der Waals surface area contributed by atoms with Crippen molar-refractivity contribution in [1.29, 1.82) is 0 Å². The normalized spacial score (nSPS) is 11.2. The van der Waals surface area contributed by atoms with Gasteiger partial charge in [-0.2, -0.15) is 5.10 Å². The molecule has 0 N–H and O–H groups in total. The van der Waals surface area contributed by atoms with Crippen molar-refractivity contribution in [2.24, 2.45) is 0 Å². The number of nitrogens with zero attached hydrogens (tertiary/aromatic N) is 4. The number of rotatable bonds is 7. The number of hydrogen-bond acceptors (Lipinski definition) is 7. The largest absolute Gasteiger partial charge is 0.409 e. The van der Waals surface area contributed by atoms with E-state index in [9.17, 15) is 9.59 Å². The molecule has 0 atom stereocenters. The van der Waals surface area contributed by atoms with Crippen LogP contribution in [0.4, 0.5) is 0 Å².